The van der Waals surface area contributed by atoms with Crippen molar-refractivity contribution in [1.29, 1.82) is 0 Å². The summed E-state index contributed by atoms with van der Waals surface area (Å²) in [5, 5.41) is 0. The second kappa shape index (κ2) is 4.64. The van der Waals surface area contributed by atoms with Gasteiger partial charge in [0.25, 0.3) is 0 Å². The molecule has 0 saturated heterocycles. The second-order valence-electron chi connectivity index (χ2n) is 4.88. The molecule has 3 nitrogen and oxygen atoms in total. The van der Waals surface area contributed by atoms with E-state index in [-0.39, 0.29) is 24.8 Å². The van der Waals surface area contributed by atoms with Gasteiger partial charge in [-0.3, -0.25) is 0 Å². The normalized spacial score (nSPS) is 24.8. The van der Waals surface area contributed by atoms with Gasteiger partial charge in [-0.2, -0.15) is 0 Å². The van der Waals surface area contributed by atoms with E-state index in [4.69, 9.17) is 5.73 Å². The van der Waals surface area contributed by atoms with Crippen LogP contribution in [0.5, 0.6) is 0 Å². The van der Waals surface area contributed by atoms with E-state index < -0.39 is 5.92 Å². The highest BCUT2D eigenvalue weighted by molar-refractivity contribution is 5.09. The summed E-state index contributed by atoms with van der Waals surface area (Å²) >= 11 is 0. The summed E-state index contributed by atoms with van der Waals surface area (Å²) in [6, 6.07) is 1.81. The Morgan fingerprint density at radius 2 is 2.35 bits per heavy atom. The molecule has 1 heterocycles. The molecule has 1 aliphatic rings. The molecule has 17 heavy (non-hydrogen) atoms. The van der Waals surface area contributed by atoms with Crippen LogP contribution in [0.15, 0.2) is 12.3 Å². The topological polar surface area (TPSA) is 51.8 Å². The smallest absolute Gasteiger partial charge is 0.248 e. The highest BCUT2D eigenvalue weighted by atomic mass is 19.3. The van der Waals surface area contributed by atoms with E-state index in [1.807, 2.05) is 6.92 Å². The van der Waals surface area contributed by atoms with Crippen LogP contribution in [0, 0.1) is 0 Å². The molecule has 1 aromatic heterocycles. The summed E-state index contributed by atoms with van der Waals surface area (Å²) in [5.74, 6) is -2.22. The van der Waals surface area contributed by atoms with E-state index in [0.717, 1.165) is 5.69 Å². The first kappa shape index (κ1) is 12.4. The van der Waals surface area contributed by atoms with Gasteiger partial charge in [-0.1, -0.05) is 0 Å². The minimum Gasteiger partial charge on any atom is -0.328 e. The summed E-state index contributed by atoms with van der Waals surface area (Å²) in [7, 11) is 0. The summed E-state index contributed by atoms with van der Waals surface area (Å²) in [5.41, 5.74) is 6.52. The van der Waals surface area contributed by atoms with Gasteiger partial charge in [0.2, 0.25) is 5.92 Å². The monoisotopic (exact) mass is 241 g/mol. The molecular weight excluding hydrogens is 224 g/mol. The lowest BCUT2D eigenvalue weighted by molar-refractivity contribution is 0.00753. The third-order valence-electron chi connectivity index (χ3n) is 3.03. The molecule has 1 aliphatic carbocycles. The molecule has 2 rings (SSSR count). The number of nitrogens with zero attached hydrogens (tertiary/aromatic N) is 2. The lowest BCUT2D eigenvalue weighted by Gasteiger charge is -2.11. The molecule has 1 saturated carbocycles. The van der Waals surface area contributed by atoms with Gasteiger partial charge in [0.05, 0.1) is 0 Å². The average Bonchev–Trinajstić information content (AvgIpc) is 2.58. The predicted molar refractivity (Wildman–Crippen MR) is 60.9 cm³/mol. The number of nitrogens with two attached hydrogens (primary N) is 1. The first-order valence-electron chi connectivity index (χ1n) is 5.91. The number of hydrogen-bond donors (Lipinski definition) is 1. The van der Waals surface area contributed by atoms with Crippen LogP contribution < -0.4 is 5.73 Å². The van der Waals surface area contributed by atoms with Gasteiger partial charge in [-0.05, 0) is 19.4 Å². The molecule has 5 heteroatoms. The molecule has 1 fully saturated rings. The van der Waals surface area contributed by atoms with Gasteiger partial charge in [0.1, 0.15) is 5.82 Å². The van der Waals surface area contributed by atoms with E-state index in [1.165, 1.54) is 0 Å². The minimum atomic E-state index is -2.55. The first-order chi connectivity index (χ1) is 7.96. The molecule has 0 spiro atoms. The summed E-state index contributed by atoms with van der Waals surface area (Å²) < 4.78 is 26.2. The van der Waals surface area contributed by atoms with Crippen molar-refractivity contribution in [3.8, 4) is 0 Å². The molecule has 0 bridgehead atoms. The molecule has 2 N–H and O–H groups in total. The van der Waals surface area contributed by atoms with Crippen LogP contribution in [0.25, 0.3) is 0 Å². The Bertz CT molecular complexity index is 393. The second-order valence-corrected chi connectivity index (χ2v) is 4.88. The van der Waals surface area contributed by atoms with Crippen LogP contribution in [0.3, 0.4) is 0 Å². The Labute approximate surface area is 99.5 Å². The quantitative estimate of drug-likeness (QED) is 0.883. The Morgan fingerprint density at radius 3 is 2.94 bits per heavy atom. The fourth-order valence-corrected chi connectivity index (χ4v) is 2.22. The lowest BCUT2D eigenvalue weighted by atomic mass is 10.1. The standard InChI is InChI=1S/C12H17F2N3/c1-8(15)6-10-3-5-16-11(17-10)9-2-4-12(13,14)7-9/h3,5,8-9H,2,4,6-7,15H2,1H3. The summed E-state index contributed by atoms with van der Waals surface area (Å²) in [6.07, 6.45) is 2.57. The van der Waals surface area contributed by atoms with Crippen molar-refractivity contribution in [2.45, 2.75) is 50.5 Å². The zero-order valence-electron chi connectivity index (χ0n) is 9.87. The van der Waals surface area contributed by atoms with Crippen LogP contribution in [-0.2, 0) is 6.42 Å². The molecule has 0 radical (unpaired) electrons. The Hall–Kier alpha value is -1.10. The van der Waals surface area contributed by atoms with Crippen molar-refractivity contribution in [2.24, 2.45) is 5.73 Å². The van der Waals surface area contributed by atoms with Gasteiger partial charge in [0.15, 0.2) is 0 Å². The van der Waals surface area contributed by atoms with Gasteiger partial charge in [-0.25, -0.2) is 18.7 Å². The molecular formula is C12H17F2N3. The third-order valence-corrected chi connectivity index (χ3v) is 3.03. The van der Waals surface area contributed by atoms with Crippen molar-refractivity contribution in [1.82, 2.24) is 9.97 Å². The van der Waals surface area contributed by atoms with Gasteiger partial charge < -0.3 is 5.73 Å². The van der Waals surface area contributed by atoms with Crippen molar-refractivity contribution in [3.05, 3.63) is 23.8 Å². The van der Waals surface area contributed by atoms with E-state index in [2.05, 4.69) is 9.97 Å². The Kier molecular flexibility index (Phi) is 3.38. The molecule has 0 aliphatic heterocycles. The van der Waals surface area contributed by atoms with Crippen LogP contribution in [0.4, 0.5) is 8.78 Å². The Balaban J connectivity index is 2.11. The third kappa shape index (κ3) is 3.19. The van der Waals surface area contributed by atoms with Crippen molar-refractivity contribution < 1.29 is 8.78 Å². The van der Waals surface area contributed by atoms with Crippen molar-refractivity contribution >= 4 is 0 Å². The number of hydrogen-bond acceptors (Lipinski definition) is 3. The summed E-state index contributed by atoms with van der Waals surface area (Å²) in [6.45, 7) is 1.89. The van der Waals surface area contributed by atoms with Crippen molar-refractivity contribution in [2.75, 3.05) is 0 Å². The van der Waals surface area contributed by atoms with Crippen LogP contribution in [0.2, 0.25) is 0 Å². The van der Waals surface area contributed by atoms with Gasteiger partial charge >= 0.3 is 0 Å². The maximum atomic E-state index is 13.1. The van der Waals surface area contributed by atoms with E-state index >= 15 is 0 Å². The lowest BCUT2D eigenvalue weighted by Crippen LogP contribution is -2.19. The molecule has 0 aromatic carbocycles. The molecule has 0 amide bonds. The molecule has 2 unspecified atom stereocenters. The van der Waals surface area contributed by atoms with E-state index in [9.17, 15) is 8.78 Å². The van der Waals surface area contributed by atoms with Crippen LogP contribution >= 0.6 is 0 Å². The fourth-order valence-electron chi connectivity index (χ4n) is 2.22. The zero-order valence-corrected chi connectivity index (χ0v) is 9.87. The largest absolute Gasteiger partial charge is 0.328 e. The van der Waals surface area contributed by atoms with Gasteiger partial charge in [0, 0.05) is 43.1 Å². The van der Waals surface area contributed by atoms with E-state index in [1.54, 1.807) is 12.3 Å². The number of alkyl halides is 2. The summed E-state index contributed by atoms with van der Waals surface area (Å²) in [4.78, 5) is 8.44. The average molecular weight is 241 g/mol. The van der Waals surface area contributed by atoms with Crippen LogP contribution in [-0.4, -0.2) is 21.9 Å². The zero-order chi connectivity index (χ0) is 12.5. The number of aromatic nitrogens is 2. The Morgan fingerprint density at radius 1 is 1.59 bits per heavy atom. The predicted octanol–water partition coefficient (Wildman–Crippen LogP) is 2.27. The van der Waals surface area contributed by atoms with Crippen LogP contribution in [0.1, 0.15) is 43.6 Å². The number of rotatable bonds is 3. The highest BCUT2D eigenvalue weighted by Gasteiger charge is 2.41. The fraction of sp³-hybridized carbons (Fsp3) is 0.667. The molecule has 1 aromatic rings. The maximum Gasteiger partial charge on any atom is 0.248 e. The molecule has 2 atom stereocenters. The minimum absolute atomic E-state index is 0.0165. The van der Waals surface area contributed by atoms with Crippen molar-refractivity contribution in [3.63, 3.8) is 0 Å². The highest BCUT2D eigenvalue weighted by Crippen LogP contribution is 2.42. The molecule has 94 valence electrons. The number of halogens is 2. The first-order valence-corrected chi connectivity index (χ1v) is 5.91. The van der Waals surface area contributed by atoms with Gasteiger partial charge in [-0.15, -0.1) is 0 Å². The maximum absolute atomic E-state index is 13.1. The van der Waals surface area contributed by atoms with E-state index in [0.29, 0.717) is 18.7 Å². The SMILES string of the molecule is CC(N)Cc1ccnc(C2CCC(F)(F)C2)n1.